The zero-order chi connectivity index (χ0) is 9.10. The van der Waals surface area contributed by atoms with Gasteiger partial charge in [0.2, 0.25) is 5.91 Å². The number of rotatable bonds is 2. The molecule has 1 amide bonds. The van der Waals surface area contributed by atoms with Crippen LogP contribution in [0.1, 0.15) is 6.42 Å². The molecule has 2 N–H and O–H groups in total. The first-order valence-electron chi connectivity index (χ1n) is 4.45. The Kier molecular flexibility index (Phi) is 2.27. The largest absolute Gasteiger partial charge is 0.325 e. The van der Waals surface area contributed by atoms with Crippen LogP contribution in [0.15, 0.2) is 30.3 Å². The minimum Gasteiger partial charge on any atom is -0.325 e. The van der Waals surface area contributed by atoms with E-state index >= 15 is 0 Å². The topological polar surface area (TPSA) is 41.1 Å². The molecule has 0 radical (unpaired) electrons. The maximum atomic E-state index is 11.4. The van der Waals surface area contributed by atoms with Gasteiger partial charge in [-0.2, -0.15) is 0 Å². The van der Waals surface area contributed by atoms with Crippen LogP contribution in [0.25, 0.3) is 0 Å². The lowest BCUT2D eigenvalue weighted by Gasteiger charge is -2.26. The number of carbonyl (C=O) groups is 1. The summed E-state index contributed by atoms with van der Waals surface area (Å²) >= 11 is 0. The number of benzene rings is 1. The van der Waals surface area contributed by atoms with Gasteiger partial charge in [0.1, 0.15) is 0 Å². The predicted molar refractivity (Wildman–Crippen MR) is 51.5 cm³/mol. The van der Waals surface area contributed by atoms with Gasteiger partial charge < -0.3 is 10.6 Å². The molecular weight excluding hydrogens is 164 g/mol. The molecule has 0 aliphatic carbocycles. The van der Waals surface area contributed by atoms with Gasteiger partial charge in [-0.1, -0.05) is 18.2 Å². The van der Waals surface area contributed by atoms with Crippen LogP contribution in [0.2, 0.25) is 0 Å². The van der Waals surface area contributed by atoms with Gasteiger partial charge in [0, 0.05) is 5.69 Å². The molecule has 1 heterocycles. The Balaban J connectivity index is 1.94. The SMILES string of the molecule is O=C(Nc1ccccc1)C1CCN1. The summed E-state index contributed by atoms with van der Waals surface area (Å²) in [4.78, 5) is 11.4. The monoisotopic (exact) mass is 176 g/mol. The van der Waals surface area contributed by atoms with E-state index in [1.54, 1.807) is 0 Å². The third-order valence-corrected chi connectivity index (χ3v) is 2.18. The summed E-state index contributed by atoms with van der Waals surface area (Å²) in [5, 5.41) is 5.90. The predicted octanol–water partition coefficient (Wildman–Crippen LogP) is 0.987. The van der Waals surface area contributed by atoms with Gasteiger partial charge in [0.25, 0.3) is 0 Å². The van der Waals surface area contributed by atoms with Gasteiger partial charge in [-0.15, -0.1) is 0 Å². The summed E-state index contributed by atoms with van der Waals surface area (Å²) < 4.78 is 0. The van der Waals surface area contributed by atoms with Gasteiger partial charge in [-0.3, -0.25) is 4.79 Å². The third kappa shape index (κ3) is 1.87. The van der Waals surface area contributed by atoms with Crippen molar-refractivity contribution >= 4 is 11.6 Å². The second-order valence-corrected chi connectivity index (χ2v) is 3.15. The van der Waals surface area contributed by atoms with E-state index in [9.17, 15) is 4.79 Å². The Labute approximate surface area is 77.1 Å². The van der Waals surface area contributed by atoms with E-state index in [1.807, 2.05) is 30.3 Å². The van der Waals surface area contributed by atoms with Crippen molar-refractivity contribution in [3.05, 3.63) is 30.3 Å². The van der Waals surface area contributed by atoms with Crippen molar-refractivity contribution in [3.63, 3.8) is 0 Å². The van der Waals surface area contributed by atoms with E-state index in [0.29, 0.717) is 0 Å². The van der Waals surface area contributed by atoms with Crippen LogP contribution in [-0.2, 0) is 4.79 Å². The molecule has 0 bridgehead atoms. The summed E-state index contributed by atoms with van der Waals surface area (Å²) in [6.07, 6.45) is 0.943. The minimum absolute atomic E-state index is 0.0141. The third-order valence-electron chi connectivity index (χ3n) is 2.18. The Bertz CT molecular complexity index is 293. The quantitative estimate of drug-likeness (QED) is 0.705. The lowest BCUT2D eigenvalue weighted by Crippen LogP contribution is -2.50. The van der Waals surface area contributed by atoms with E-state index < -0.39 is 0 Å². The molecule has 1 aromatic rings. The van der Waals surface area contributed by atoms with E-state index in [2.05, 4.69) is 10.6 Å². The highest BCUT2D eigenvalue weighted by molar-refractivity contribution is 5.95. The molecule has 3 nitrogen and oxygen atoms in total. The maximum Gasteiger partial charge on any atom is 0.241 e. The van der Waals surface area contributed by atoms with Crippen LogP contribution < -0.4 is 10.6 Å². The van der Waals surface area contributed by atoms with Crippen molar-refractivity contribution in [1.29, 1.82) is 0 Å². The highest BCUT2D eigenvalue weighted by atomic mass is 16.2. The molecule has 68 valence electrons. The molecule has 1 unspecified atom stereocenters. The minimum atomic E-state index is 0.0141. The second kappa shape index (κ2) is 3.58. The molecule has 0 saturated carbocycles. The summed E-state index contributed by atoms with van der Waals surface area (Å²) in [6, 6.07) is 9.53. The molecule has 2 rings (SSSR count). The van der Waals surface area contributed by atoms with Crippen LogP contribution in [0.3, 0.4) is 0 Å². The average molecular weight is 176 g/mol. The van der Waals surface area contributed by atoms with Crippen LogP contribution in [0.4, 0.5) is 5.69 Å². The lowest BCUT2D eigenvalue weighted by atomic mass is 10.1. The van der Waals surface area contributed by atoms with Crippen LogP contribution in [-0.4, -0.2) is 18.5 Å². The summed E-state index contributed by atoms with van der Waals surface area (Å²) in [7, 11) is 0. The molecule has 1 aliphatic rings. The Hall–Kier alpha value is -1.35. The van der Waals surface area contributed by atoms with E-state index in [4.69, 9.17) is 0 Å². The maximum absolute atomic E-state index is 11.4. The molecule has 1 fully saturated rings. The molecule has 1 aliphatic heterocycles. The zero-order valence-electron chi connectivity index (χ0n) is 7.29. The van der Waals surface area contributed by atoms with Crippen molar-refractivity contribution < 1.29 is 4.79 Å². The number of carbonyl (C=O) groups excluding carboxylic acids is 1. The summed E-state index contributed by atoms with van der Waals surface area (Å²) in [5.41, 5.74) is 0.862. The Morgan fingerprint density at radius 3 is 2.62 bits per heavy atom. The average Bonchev–Trinajstić information content (AvgIpc) is 2.02. The summed E-state index contributed by atoms with van der Waals surface area (Å²) in [6.45, 7) is 0.951. The number of amides is 1. The fourth-order valence-electron chi connectivity index (χ4n) is 1.26. The Morgan fingerprint density at radius 2 is 2.08 bits per heavy atom. The second-order valence-electron chi connectivity index (χ2n) is 3.15. The smallest absolute Gasteiger partial charge is 0.241 e. The number of hydrogen-bond acceptors (Lipinski definition) is 2. The first kappa shape index (κ1) is 8.26. The van der Waals surface area contributed by atoms with Crippen molar-refractivity contribution in [1.82, 2.24) is 5.32 Å². The molecule has 13 heavy (non-hydrogen) atoms. The van der Waals surface area contributed by atoms with Crippen molar-refractivity contribution in [2.45, 2.75) is 12.5 Å². The highest BCUT2D eigenvalue weighted by Crippen LogP contribution is 2.08. The van der Waals surface area contributed by atoms with E-state index in [-0.39, 0.29) is 11.9 Å². The van der Waals surface area contributed by atoms with E-state index in [1.165, 1.54) is 0 Å². The lowest BCUT2D eigenvalue weighted by molar-refractivity contribution is -0.119. The molecular formula is C10H12N2O. The Morgan fingerprint density at radius 1 is 1.38 bits per heavy atom. The summed E-state index contributed by atoms with van der Waals surface area (Å²) in [5.74, 6) is 0.0671. The number of para-hydroxylation sites is 1. The first-order chi connectivity index (χ1) is 6.36. The molecule has 1 aromatic carbocycles. The van der Waals surface area contributed by atoms with Crippen molar-refractivity contribution in [3.8, 4) is 0 Å². The van der Waals surface area contributed by atoms with Crippen LogP contribution in [0.5, 0.6) is 0 Å². The van der Waals surface area contributed by atoms with Crippen LogP contribution in [0, 0.1) is 0 Å². The number of nitrogens with one attached hydrogen (secondary N) is 2. The molecule has 1 saturated heterocycles. The highest BCUT2D eigenvalue weighted by Gasteiger charge is 2.23. The van der Waals surface area contributed by atoms with Gasteiger partial charge >= 0.3 is 0 Å². The van der Waals surface area contributed by atoms with Gasteiger partial charge in [0.15, 0.2) is 0 Å². The number of hydrogen-bond donors (Lipinski definition) is 2. The van der Waals surface area contributed by atoms with Gasteiger partial charge in [0.05, 0.1) is 6.04 Å². The fraction of sp³-hybridized carbons (Fsp3) is 0.300. The zero-order valence-corrected chi connectivity index (χ0v) is 7.29. The fourth-order valence-corrected chi connectivity index (χ4v) is 1.26. The van der Waals surface area contributed by atoms with E-state index in [0.717, 1.165) is 18.7 Å². The normalized spacial score (nSPS) is 20.5. The van der Waals surface area contributed by atoms with Gasteiger partial charge in [-0.05, 0) is 25.1 Å². The molecule has 1 atom stereocenters. The first-order valence-corrected chi connectivity index (χ1v) is 4.45. The number of anilines is 1. The molecule has 0 spiro atoms. The van der Waals surface area contributed by atoms with Crippen molar-refractivity contribution in [2.75, 3.05) is 11.9 Å². The van der Waals surface area contributed by atoms with Crippen molar-refractivity contribution in [2.24, 2.45) is 0 Å². The van der Waals surface area contributed by atoms with Crippen LogP contribution >= 0.6 is 0 Å². The molecule has 0 aromatic heterocycles. The molecule has 3 heteroatoms. The van der Waals surface area contributed by atoms with Gasteiger partial charge in [-0.25, -0.2) is 0 Å². The standard InChI is InChI=1S/C10H12N2O/c13-10(9-6-7-11-9)12-8-4-2-1-3-5-8/h1-5,9,11H,6-7H2,(H,12,13).